The number of phenols is 4. The summed E-state index contributed by atoms with van der Waals surface area (Å²) in [5.74, 6) is -1.28. The van der Waals surface area contributed by atoms with Crippen LogP contribution in [-0.4, -0.2) is 69.2 Å². The highest BCUT2D eigenvalue weighted by Gasteiger charge is 2.27. The van der Waals surface area contributed by atoms with E-state index in [1.807, 2.05) is 83.1 Å². The fraction of sp³-hybridized carbons (Fsp3) is 0.380. The largest absolute Gasteiger partial charge is 0.507 e. The van der Waals surface area contributed by atoms with Gasteiger partial charge >= 0.3 is 23.9 Å². The molecular formula is C71H84N4O12. The molecule has 8 bridgehead atoms. The van der Waals surface area contributed by atoms with Crippen LogP contribution in [0.15, 0.2) is 117 Å². The molecule has 0 saturated carbocycles. The highest BCUT2D eigenvalue weighted by Crippen LogP contribution is 2.42. The van der Waals surface area contributed by atoms with Crippen molar-refractivity contribution in [2.45, 2.75) is 176 Å². The van der Waals surface area contributed by atoms with E-state index < -0.39 is 45.5 Å². The van der Waals surface area contributed by atoms with Gasteiger partial charge in [-0.05, 0) is 120 Å². The predicted molar refractivity (Wildman–Crippen MR) is 345 cm³/mol. The number of nitrogens with zero attached hydrogens (tertiary/aromatic N) is 4. The lowest BCUT2D eigenvalue weighted by Gasteiger charge is -2.22. The first-order chi connectivity index (χ1) is 40.4. The van der Waals surface area contributed by atoms with Crippen LogP contribution in [0.4, 0.5) is 22.7 Å². The SMILES string of the molecule is C.CC(C)(C)c1cc2cc(c1O)C=Nc1ccccc1N=Cc1cc(cc(C(C)(C)C)c1O)OC(=O)CCCCCC(=O)Oc1cc(c(O)c(C(C)(C)C)c1)C=Nc1ccccc1N=Cc1cc(cc(C(C)(C)C)c1O)OC(=O)CCCCCC(=O)O2. The van der Waals surface area contributed by atoms with Crippen LogP contribution in [0.5, 0.6) is 46.0 Å². The Labute approximate surface area is 511 Å². The first-order valence-corrected chi connectivity index (χ1v) is 29.1. The summed E-state index contributed by atoms with van der Waals surface area (Å²) < 4.78 is 23.4. The normalized spacial score (nSPS) is 15.0. The molecule has 6 aromatic rings. The van der Waals surface area contributed by atoms with Gasteiger partial charge in [-0.1, -0.05) is 128 Å². The van der Waals surface area contributed by atoms with Crippen LogP contribution in [0, 0.1) is 0 Å². The highest BCUT2D eigenvalue weighted by molar-refractivity contribution is 5.93. The molecule has 16 nitrogen and oxygen atoms in total. The lowest BCUT2D eigenvalue weighted by molar-refractivity contribution is -0.136. The molecule has 6 aromatic carbocycles. The van der Waals surface area contributed by atoms with Crippen LogP contribution in [-0.2, 0) is 40.8 Å². The highest BCUT2D eigenvalue weighted by atomic mass is 16.5. The standard InChI is InChI=1S/C70H80N4O12.CH4/c1-67(2,3)51-35-47-31-43(63(51)79)39-71-55-23-19-20-24-56(55)72-40-44-32-48(36-52(64(44)80)68(4,5)6)85-61(77)29-17-14-18-30-62(78)86-50-34-46(66(82)54(38-50)70(10,11)12)42-74-58-26-22-21-25-57(58)73-41-45-33-49(37-53(65(45)81)69(7,8)9)84-60(76)28-16-13-15-27-59(75)83-47;/h19-26,31-42,79-82H,13-18,27-30H2,1-12H3;1H4. The number of rotatable bonds is 0. The first kappa shape index (κ1) is 67.2. The van der Waals surface area contributed by atoms with Crippen LogP contribution in [0.3, 0.4) is 0 Å². The van der Waals surface area contributed by atoms with Gasteiger partial charge in [-0.3, -0.25) is 39.1 Å². The second-order valence-electron chi connectivity index (χ2n) is 25.7. The first-order valence-electron chi connectivity index (χ1n) is 29.1. The van der Waals surface area contributed by atoms with Gasteiger partial charge in [-0.2, -0.15) is 0 Å². The van der Waals surface area contributed by atoms with Crippen LogP contribution in [0.1, 0.15) is 199 Å². The Kier molecular flexibility index (Phi) is 22.0. The van der Waals surface area contributed by atoms with Crippen molar-refractivity contribution < 1.29 is 58.6 Å². The molecular weight excluding hydrogens is 1100 g/mol. The van der Waals surface area contributed by atoms with Crippen molar-refractivity contribution in [3.8, 4) is 46.0 Å². The number of esters is 4. The third kappa shape index (κ3) is 18.5. The molecule has 0 fully saturated rings. The minimum Gasteiger partial charge on any atom is -0.507 e. The van der Waals surface area contributed by atoms with Gasteiger partial charge in [0.25, 0.3) is 0 Å². The van der Waals surface area contributed by atoms with Crippen molar-refractivity contribution >= 4 is 71.5 Å². The Bertz CT molecular complexity index is 3150. The van der Waals surface area contributed by atoms with E-state index in [0.29, 0.717) is 106 Å². The minimum atomic E-state index is -0.561. The van der Waals surface area contributed by atoms with Gasteiger partial charge in [0.1, 0.15) is 46.0 Å². The average Bonchev–Trinajstić information content (AvgIpc) is 2.92. The summed E-state index contributed by atoms with van der Waals surface area (Å²) in [6, 6.07) is 26.8. The van der Waals surface area contributed by atoms with E-state index in [1.165, 1.54) is 49.1 Å². The molecule has 0 aliphatic carbocycles. The Morgan fingerprint density at radius 2 is 0.517 bits per heavy atom. The third-order valence-electron chi connectivity index (χ3n) is 14.3. The van der Waals surface area contributed by atoms with E-state index in [9.17, 15) is 39.6 Å². The molecule has 87 heavy (non-hydrogen) atoms. The van der Waals surface area contributed by atoms with Crippen LogP contribution in [0.2, 0.25) is 0 Å². The van der Waals surface area contributed by atoms with Crippen molar-refractivity contribution in [3.63, 3.8) is 0 Å². The number of aromatic hydroxyl groups is 4. The van der Waals surface area contributed by atoms with E-state index in [1.54, 1.807) is 72.8 Å². The number of benzene rings is 6. The molecule has 0 radical (unpaired) electrons. The number of para-hydroxylation sites is 4. The smallest absolute Gasteiger partial charge is 0.311 e. The molecule has 0 unspecified atom stereocenters. The lowest BCUT2D eigenvalue weighted by atomic mass is 9.85. The molecule has 1 aliphatic heterocycles. The maximum Gasteiger partial charge on any atom is 0.311 e. The van der Waals surface area contributed by atoms with E-state index in [-0.39, 0.29) is 79.1 Å². The van der Waals surface area contributed by atoms with Crippen molar-refractivity contribution in [3.05, 3.63) is 142 Å². The molecule has 0 aromatic heterocycles. The monoisotopic (exact) mass is 1180 g/mol. The van der Waals surface area contributed by atoms with Gasteiger partial charge in [0, 0.05) is 95.0 Å². The molecule has 7 rings (SSSR count). The Balaban J connectivity index is 0.0000121. The number of hydrogen-bond donors (Lipinski definition) is 4. The van der Waals surface area contributed by atoms with Crippen molar-refractivity contribution in [2.75, 3.05) is 0 Å². The maximum atomic E-state index is 13.3. The molecule has 0 spiro atoms. The summed E-state index contributed by atoms with van der Waals surface area (Å²) in [6.45, 7) is 23.1. The van der Waals surface area contributed by atoms with E-state index in [0.717, 1.165) is 0 Å². The maximum absolute atomic E-state index is 13.3. The molecule has 16 heteroatoms. The Hall–Kier alpha value is -8.92. The van der Waals surface area contributed by atoms with Gasteiger partial charge in [0.15, 0.2) is 0 Å². The van der Waals surface area contributed by atoms with Gasteiger partial charge in [0.05, 0.1) is 22.7 Å². The van der Waals surface area contributed by atoms with Crippen LogP contribution >= 0.6 is 0 Å². The molecule has 0 atom stereocenters. The number of hydrogen-bond acceptors (Lipinski definition) is 16. The van der Waals surface area contributed by atoms with Crippen molar-refractivity contribution in [1.29, 1.82) is 0 Å². The summed E-state index contributed by atoms with van der Waals surface area (Å²) >= 11 is 0. The molecule has 4 N–H and O–H groups in total. The van der Waals surface area contributed by atoms with Gasteiger partial charge in [-0.15, -0.1) is 0 Å². The number of carbonyl (C=O) groups is 4. The molecule has 1 aliphatic rings. The third-order valence-corrected chi connectivity index (χ3v) is 14.3. The van der Waals surface area contributed by atoms with Crippen molar-refractivity contribution in [1.82, 2.24) is 0 Å². The van der Waals surface area contributed by atoms with Crippen LogP contribution in [0.25, 0.3) is 0 Å². The zero-order valence-corrected chi connectivity index (χ0v) is 51.5. The number of fused-ring (bicyclic) bond motifs is 10. The molecule has 1 heterocycles. The summed E-state index contributed by atoms with van der Waals surface area (Å²) in [4.78, 5) is 72.2. The summed E-state index contributed by atoms with van der Waals surface area (Å²) in [5.41, 5.74) is 2.73. The molecule has 0 saturated heterocycles. The number of ether oxygens (including phenoxy) is 4. The van der Waals surface area contributed by atoms with E-state index in [2.05, 4.69) is 0 Å². The van der Waals surface area contributed by atoms with E-state index >= 15 is 0 Å². The predicted octanol–water partition coefficient (Wildman–Crippen LogP) is 16.6. The lowest BCUT2D eigenvalue weighted by Crippen LogP contribution is -2.14. The topological polar surface area (TPSA) is 236 Å². The minimum absolute atomic E-state index is 0. The fourth-order valence-corrected chi connectivity index (χ4v) is 9.52. The zero-order valence-electron chi connectivity index (χ0n) is 51.5. The number of aliphatic imine (C=N–C) groups is 4. The van der Waals surface area contributed by atoms with Gasteiger partial charge in [0.2, 0.25) is 0 Å². The summed E-state index contributed by atoms with van der Waals surface area (Å²) in [5, 5.41) is 46.2. The van der Waals surface area contributed by atoms with Crippen molar-refractivity contribution in [2.24, 2.45) is 20.0 Å². The second kappa shape index (κ2) is 28.5. The van der Waals surface area contributed by atoms with Crippen LogP contribution < -0.4 is 18.9 Å². The van der Waals surface area contributed by atoms with E-state index in [4.69, 9.17) is 38.9 Å². The second-order valence-corrected chi connectivity index (χ2v) is 25.7. The molecule has 460 valence electrons. The Morgan fingerprint density at radius 3 is 0.701 bits per heavy atom. The van der Waals surface area contributed by atoms with Gasteiger partial charge < -0.3 is 39.4 Å². The molecule has 0 amide bonds. The summed E-state index contributed by atoms with van der Waals surface area (Å²) in [7, 11) is 0. The Morgan fingerprint density at radius 1 is 0.322 bits per heavy atom. The number of carbonyl (C=O) groups excluding carboxylic acids is 4. The van der Waals surface area contributed by atoms with Gasteiger partial charge in [-0.25, -0.2) is 0 Å². The fourth-order valence-electron chi connectivity index (χ4n) is 9.52. The quantitative estimate of drug-likeness (QED) is 0.0821. The summed E-state index contributed by atoms with van der Waals surface area (Å²) in [6.07, 6.45) is 8.84. The number of phenolic OH excluding ortho intramolecular Hbond substituents is 4. The zero-order chi connectivity index (χ0) is 62.7. The average molecular weight is 1190 g/mol.